The highest BCUT2D eigenvalue weighted by Crippen LogP contribution is 2.28. The molecule has 0 aromatic carbocycles. The summed E-state index contributed by atoms with van der Waals surface area (Å²) in [6.45, 7) is 10.7. The fourth-order valence-electron chi connectivity index (χ4n) is 0.964. The Balaban J connectivity index is 3.00. The predicted octanol–water partition coefficient (Wildman–Crippen LogP) is 2.63. The zero-order valence-corrected chi connectivity index (χ0v) is 10.6. The van der Waals surface area contributed by atoms with Gasteiger partial charge in [-0.25, -0.2) is 4.68 Å². The van der Waals surface area contributed by atoms with Crippen LogP contribution in [0.1, 0.15) is 40.3 Å². The van der Waals surface area contributed by atoms with E-state index in [2.05, 4.69) is 51.2 Å². The van der Waals surface area contributed by atoms with Gasteiger partial charge >= 0.3 is 0 Å². The highest BCUT2D eigenvalue weighted by molar-refractivity contribution is 7.99. The molecule has 14 heavy (non-hydrogen) atoms. The molecular weight excluding hydrogens is 194 g/mol. The minimum Gasteiger partial charge on any atom is -0.237 e. The Morgan fingerprint density at radius 1 is 1.21 bits per heavy atom. The van der Waals surface area contributed by atoms with Crippen molar-refractivity contribution in [2.75, 3.05) is 6.26 Å². The van der Waals surface area contributed by atoms with E-state index in [0.29, 0.717) is 0 Å². The molecule has 0 amide bonds. The van der Waals surface area contributed by atoms with Gasteiger partial charge in [-0.05, 0) is 20.1 Å². The van der Waals surface area contributed by atoms with Crippen molar-refractivity contribution in [3.63, 3.8) is 0 Å². The Kier molecular flexibility index (Phi) is 2.95. The number of thioether (sulfide) groups is 1. The Labute approximate surface area is 90.3 Å². The van der Waals surface area contributed by atoms with Crippen molar-refractivity contribution in [2.24, 2.45) is 0 Å². The molecule has 80 valence electrons. The van der Waals surface area contributed by atoms with E-state index < -0.39 is 0 Å². The lowest BCUT2D eigenvalue weighted by atomic mass is 9.93. The summed E-state index contributed by atoms with van der Waals surface area (Å²) in [5.74, 6) is 0. The number of hydrogen-bond donors (Lipinski definition) is 0. The van der Waals surface area contributed by atoms with Crippen LogP contribution >= 0.6 is 11.8 Å². The van der Waals surface area contributed by atoms with Crippen LogP contribution in [0.3, 0.4) is 0 Å². The molecule has 0 aliphatic heterocycles. The maximum Gasteiger partial charge on any atom is 0.104 e. The standard InChI is InChI=1S/C10H19N3S/c1-9(2,3)8-7-13(12-11-8)10(4,5)14-6/h7H,1-6H3. The van der Waals surface area contributed by atoms with Crippen LogP contribution in [0.5, 0.6) is 0 Å². The molecule has 0 aliphatic rings. The van der Waals surface area contributed by atoms with Crippen molar-refractivity contribution in [3.05, 3.63) is 11.9 Å². The van der Waals surface area contributed by atoms with Gasteiger partial charge in [0.25, 0.3) is 0 Å². The molecule has 1 aromatic heterocycles. The van der Waals surface area contributed by atoms with E-state index in [9.17, 15) is 0 Å². The summed E-state index contributed by atoms with van der Waals surface area (Å²) >= 11 is 1.76. The van der Waals surface area contributed by atoms with Crippen LogP contribution in [0.15, 0.2) is 6.20 Å². The van der Waals surface area contributed by atoms with Crippen molar-refractivity contribution < 1.29 is 0 Å². The fourth-order valence-corrected chi connectivity index (χ4v) is 1.24. The van der Waals surface area contributed by atoms with Gasteiger partial charge in [0, 0.05) is 5.41 Å². The SMILES string of the molecule is CSC(C)(C)n1cc(C(C)(C)C)nn1. The molecule has 0 spiro atoms. The third-order valence-corrected chi connectivity index (χ3v) is 3.50. The van der Waals surface area contributed by atoms with Gasteiger partial charge in [0.1, 0.15) is 4.87 Å². The van der Waals surface area contributed by atoms with E-state index in [1.807, 2.05) is 10.9 Å². The van der Waals surface area contributed by atoms with Gasteiger partial charge in [-0.3, -0.25) is 0 Å². The van der Waals surface area contributed by atoms with Crippen LogP contribution < -0.4 is 0 Å². The molecule has 1 rings (SSSR count). The van der Waals surface area contributed by atoms with Crippen molar-refractivity contribution in [1.29, 1.82) is 0 Å². The zero-order chi connectivity index (χ0) is 11.0. The lowest BCUT2D eigenvalue weighted by Crippen LogP contribution is -2.22. The largest absolute Gasteiger partial charge is 0.237 e. The second kappa shape index (κ2) is 3.57. The van der Waals surface area contributed by atoms with Gasteiger partial charge < -0.3 is 0 Å². The molecule has 0 N–H and O–H groups in total. The third-order valence-electron chi connectivity index (χ3n) is 2.31. The lowest BCUT2D eigenvalue weighted by Gasteiger charge is -2.21. The third kappa shape index (κ3) is 2.29. The Morgan fingerprint density at radius 3 is 2.14 bits per heavy atom. The second-order valence-corrected chi connectivity index (χ2v) is 6.36. The summed E-state index contributed by atoms with van der Waals surface area (Å²) in [5.41, 5.74) is 1.12. The fraction of sp³-hybridized carbons (Fsp3) is 0.800. The van der Waals surface area contributed by atoms with Gasteiger partial charge in [0.2, 0.25) is 0 Å². The second-order valence-electron chi connectivity index (χ2n) is 4.95. The van der Waals surface area contributed by atoms with E-state index in [-0.39, 0.29) is 10.3 Å². The average Bonchev–Trinajstić information content (AvgIpc) is 2.51. The van der Waals surface area contributed by atoms with Crippen LogP contribution in [-0.2, 0) is 10.3 Å². The van der Waals surface area contributed by atoms with Crippen molar-refractivity contribution in [3.8, 4) is 0 Å². The molecule has 0 fully saturated rings. The maximum absolute atomic E-state index is 4.20. The first-order valence-corrected chi connectivity index (χ1v) is 5.98. The zero-order valence-electron chi connectivity index (χ0n) is 9.83. The van der Waals surface area contributed by atoms with E-state index >= 15 is 0 Å². The minimum atomic E-state index is -0.0174. The molecule has 0 radical (unpaired) electrons. The lowest BCUT2D eigenvalue weighted by molar-refractivity contribution is 0.464. The predicted molar refractivity (Wildman–Crippen MR) is 61.6 cm³/mol. The monoisotopic (exact) mass is 213 g/mol. The Hall–Kier alpha value is -0.510. The molecule has 0 unspecified atom stereocenters. The molecule has 1 aromatic rings. The minimum absolute atomic E-state index is 0.0174. The Bertz CT molecular complexity index is 309. The normalized spacial score (nSPS) is 13.3. The first-order chi connectivity index (χ1) is 6.27. The van der Waals surface area contributed by atoms with Crippen LogP contribution in [-0.4, -0.2) is 21.2 Å². The van der Waals surface area contributed by atoms with Gasteiger partial charge in [0.15, 0.2) is 0 Å². The molecule has 0 saturated heterocycles. The van der Waals surface area contributed by atoms with Crippen LogP contribution in [0.4, 0.5) is 0 Å². The van der Waals surface area contributed by atoms with E-state index in [4.69, 9.17) is 0 Å². The summed E-state index contributed by atoms with van der Waals surface area (Å²) in [4.78, 5) is -0.0174. The first-order valence-electron chi connectivity index (χ1n) is 4.76. The smallest absolute Gasteiger partial charge is 0.104 e. The molecular formula is C10H19N3S. The summed E-state index contributed by atoms with van der Waals surface area (Å²) in [6, 6.07) is 0. The van der Waals surface area contributed by atoms with Crippen LogP contribution in [0, 0.1) is 0 Å². The highest BCUT2D eigenvalue weighted by atomic mass is 32.2. The van der Waals surface area contributed by atoms with E-state index in [0.717, 1.165) is 5.69 Å². The van der Waals surface area contributed by atoms with Crippen molar-refractivity contribution in [1.82, 2.24) is 15.0 Å². The topological polar surface area (TPSA) is 30.7 Å². The van der Waals surface area contributed by atoms with Gasteiger partial charge in [-0.1, -0.05) is 26.0 Å². The molecule has 3 nitrogen and oxygen atoms in total. The molecule has 4 heteroatoms. The van der Waals surface area contributed by atoms with Crippen LogP contribution in [0.2, 0.25) is 0 Å². The van der Waals surface area contributed by atoms with E-state index in [1.54, 1.807) is 11.8 Å². The molecule has 0 aliphatic carbocycles. The maximum atomic E-state index is 4.20. The van der Waals surface area contributed by atoms with Crippen molar-refractivity contribution in [2.45, 2.75) is 44.9 Å². The summed E-state index contributed by atoms with van der Waals surface area (Å²) in [5, 5.41) is 8.37. The van der Waals surface area contributed by atoms with E-state index in [1.165, 1.54) is 0 Å². The Morgan fingerprint density at radius 2 is 1.79 bits per heavy atom. The number of rotatable bonds is 2. The number of aromatic nitrogens is 3. The summed E-state index contributed by atoms with van der Waals surface area (Å²) in [6.07, 6.45) is 4.12. The van der Waals surface area contributed by atoms with Crippen LogP contribution in [0.25, 0.3) is 0 Å². The number of nitrogens with zero attached hydrogens (tertiary/aromatic N) is 3. The van der Waals surface area contributed by atoms with Crippen molar-refractivity contribution >= 4 is 11.8 Å². The molecule has 0 atom stereocenters. The molecule has 0 saturated carbocycles. The number of hydrogen-bond acceptors (Lipinski definition) is 3. The summed E-state index contributed by atoms with van der Waals surface area (Å²) in [7, 11) is 0. The quantitative estimate of drug-likeness (QED) is 0.756. The highest BCUT2D eigenvalue weighted by Gasteiger charge is 2.24. The average molecular weight is 213 g/mol. The van der Waals surface area contributed by atoms with Gasteiger partial charge in [-0.2, -0.15) is 0 Å². The molecule has 0 bridgehead atoms. The van der Waals surface area contributed by atoms with Gasteiger partial charge in [-0.15, -0.1) is 16.9 Å². The summed E-state index contributed by atoms with van der Waals surface area (Å²) < 4.78 is 1.93. The molecule has 1 heterocycles. The first kappa shape index (κ1) is 11.6. The van der Waals surface area contributed by atoms with Gasteiger partial charge in [0.05, 0.1) is 11.9 Å².